The van der Waals surface area contributed by atoms with Crippen LogP contribution in [0.1, 0.15) is 5.56 Å². The summed E-state index contributed by atoms with van der Waals surface area (Å²) in [6.45, 7) is 0.893. The summed E-state index contributed by atoms with van der Waals surface area (Å²) in [4.78, 5) is 0. The number of rotatable bonds is 5. The molecule has 0 aliphatic rings. The van der Waals surface area contributed by atoms with Gasteiger partial charge in [-0.15, -0.1) is 0 Å². The molecule has 0 aliphatic carbocycles. The van der Waals surface area contributed by atoms with Crippen molar-refractivity contribution in [2.45, 2.75) is 0 Å². The maximum atomic E-state index is 3.36. The Hall–Kier alpha value is -2.06. The van der Waals surface area contributed by atoms with Crippen molar-refractivity contribution < 1.29 is 0 Å². The first-order valence-corrected chi connectivity index (χ1v) is 6.12. The van der Waals surface area contributed by atoms with E-state index in [4.69, 9.17) is 0 Å². The van der Waals surface area contributed by atoms with Crippen molar-refractivity contribution in [1.29, 1.82) is 0 Å². The van der Waals surface area contributed by atoms with Crippen LogP contribution in [0.3, 0.4) is 0 Å². The summed E-state index contributed by atoms with van der Waals surface area (Å²) in [6, 6.07) is 18.6. The summed E-state index contributed by atoms with van der Waals surface area (Å²) in [6.07, 6.45) is 4.22. The fourth-order valence-corrected chi connectivity index (χ4v) is 1.68. The summed E-state index contributed by atoms with van der Waals surface area (Å²) in [5, 5.41) is 6.44. The van der Waals surface area contributed by atoms with Gasteiger partial charge in [-0.05, 0) is 36.9 Å². The molecule has 2 nitrogen and oxygen atoms in total. The van der Waals surface area contributed by atoms with Gasteiger partial charge in [0.1, 0.15) is 0 Å². The molecule has 0 heterocycles. The topological polar surface area (TPSA) is 24.1 Å². The molecule has 0 aliphatic heterocycles. The molecule has 0 radical (unpaired) electrons. The van der Waals surface area contributed by atoms with Crippen molar-refractivity contribution in [3.05, 3.63) is 66.2 Å². The number of nitrogens with one attached hydrogen (secondary N) is 2. The molecular weight excluding hydrogens is 220 g/mol. The van der Waals surface area contributed by atoms with Gasteiger partial charge in [0, 0.05) is 17.9 Å². The van der Waals surface area contributed by atoms with Crippen LogP contribution >= 0.6 is 0 Å². The van der Waals surface area contributed by atoms with E-state index >= 15 is 0 Å². The maximum absolute atomic E-state index is 3.36. The van der Waals surface area contributed by atoms with E-state index in [1.165, 1.54) is 5.56 Å². The Labute approximate surface area is 108 Å². The molecule has 0 fully saturated rings. The lowest BCUT2D eigenvalue weighted by Gasteiger charge is -2.06. The summed E-state index contributed by atoms with van der Waals surface area (Å²) in [5.41, 5.74) is 3.42. The zero-order chi connectivity index (χ0) is 12.6. The van der Waals surface area contributed by atoms with Gasteiger partial charge in [0.25, 0.3) is 0 Å². The van der Waals surface area contributed by atoms with Gasteiger partial charge >= 0.3 is 0 Å². The molecule has 0 bridgehead atoms. The molecular formula is C16H18N2. The predicted molar refractivity (Wildman–Crippen MR) is 79.1 cm³/mol. The van der Waals surface area contributed by atoms with Crippen LogP contribution in [0.5, 0.6) is 0 Å². The van der Waals surface area contributed by atoms with Crippen molar-refractivity contribution in [3.63, 3.8) is 0 Å². The number of benzene rings is 2. The Morgan fingerprint density at radius 1 is 0.889 bits per heavy atom. The first-order valence-electron chi connectivity index (χ1n) is 6.12. The lowest BCUT2D eigenvalue weighted by Crippen LogP contribution is -2.03. The lowest BCUT2D eigenvalue weighted by molar-refractivity contribution is 0.922. The second-order valence-electron chi connectivity index (χ2n) is 4.07. The molecule has 0 atom stereocenters. The summed E-state index contributed by atoms with van der Waals surface area (Å²) in [5.74, 6) is 0. The van der Waals surface area contributed by atoms with Crippen LogP contribution in [0.25, 0.3) is 6.08 Å². The molecule has 2 aromatic rings. The zero-order valence-corrected chi connectivity index (χ0v) is 10.6. The summed E-state index contributed by atoms with van der Waals surface area (Å²) in [7, 11) is 1.94. The van der Waals surface area contributed by atoms with E-state index in [0.717, 1.165) is 17.9 Å². The smallest absolute Gasteiger partial charge is 0.0384 e. The summed E-state index contributed by atoms with van der Waals surface area (Å²) >= 11 is 0. The Balaban J connectivity index is 2.00. The predicted octanol–water partition coefficient (Wildman–Crippen LogP) is 3.66. The van der Waals surface area contributed by atoms with Gasteiger partial charge in [-0.2, -0.15) is 0 Å². The second kappa shape index (κ2) is 6.62. The Bertz CT molecular complexity index is 486. The molecule has 0 saturated heterocycles. The third-order valence-corrected chi connectivity index (χ3v) is 2.61. The molecule has 0 amide bonds. The van der Waals surface area contributed by atoms with Crippen LogP contribution in [0.15, 0.2) is 60.7 Å². The van der Waals surface area contributed by atoms with Gasteiger partial charge in [0.15, 0.2) is 0 Å². The quantitative estimate of drug-likeness (QED) is 0.830. The van der Waals surface area contributed by atoms with Crippen LogP contribution < -0.4 is 10.6 Å². The minimum atomic E-state index is 0.893. The average Bonchev–Trinajstić information content (AvgIpc) is 2.42. The maximum Gasteiger partial charge on any atom is 0.0384 e. The highest BCUT2D eigenvalue weighted by Crippen LogP contribution is 2.16. The Morgan fingerprint density at radius 3 is 2.22 bits per heavy atom. The third-order valence-electron chi connectivity index (χ3n) is 2.61. The van der Waals surface area contributed by atoms with Crippen molar-refractivity contribution in [3.8, 4) is 0 Å². The van der Waals surface area contributed by atoms with Crippen LogP contribution in [0.4, 0.5) is 11.4 Å². The molecule has 0 unspecified atom stereocenters. The van der Waals surface area contributed by atoms with Crippen LogP contribution in [0.2, 0.25) is 0 Å². The lowest BCUT2D eigenvalue weighted by atomic mass is 10.2. The van der Waals surface area contributed by atoms with E-state index < -0.39 is 0 Å². The van der Waals surface area contributed by atoms with E-state index in [0.29, 0.717) is 0 Å². The average molecular weight is 238 g/mol. The van der Waals surface area contributed by atoms with Crippen molar-refractivity contribution in [1.82, 2.24) is 5.32 Å². The third kappa shape index (κ3) is 3.75. The Morgan fingerprint density at radius 2 is 1.56 bits per heavy atom. The molecule has 2 rings (SSSR count). The van der Waals surface area contributed by atoms with E-state index in [2.05, 4.69) is 59.2 Å². The van der Waals surface area contributed by atoms with Crippen LogP contribution in [-0.2, 0) is 0 Å². The molecule has 18 heavy (non-hydrogen) atoms. The highest BCUT2D eigenvalue weighted by molar-refractivity contribution is 5.62. The molecule has 0 spiro atoms. The van der Waals surface area contributed by atoms with Crippen molar-refractivity contribution in [2.24, 2.45) is 0 Å². The van der Waals surface area contributed by atoms with Crippen LogP contribution in [-0.4, -0.2) is 13.6 Å². The normalized spacial score (nSPS) is 10.7. The zero-order valence-electron chi connectivity index (χ0n) is 10.6. The molecule has 2 heteroatoms. The molecule has 0 aromatic heterocycles. The fourth-order valence-electron chi connectivity index (χ4n) is 1.68. The highest BCUT2D eigenvalue weighted by atomic mass is 14.9. The van der Waals surface area contributed by atoms with Gasteiger partial charge in [-0.25, -0.2) is 0 Å². The van der Waals surface area contributed by atoms with Gasteiger partial charge in [0.05, 0.1) is 0 Å². The van der Waals surface area contributed by atoms with Gasteiger partial charge in [0.2, 0.25) is 0 Å². The Kier molecular flexibility index (Phi) is 4.56. The minimum absolute atomic E-state index is 0.893. The van der Waals surface area contributed by atoms with E-state index in [-0.39, 0.29) is 0 Å². The van der Waals surface area contributed by atoms with Crippen LogP contribution in [0, 0.1) is 0 Å². The summed E-state index contributed by atoms with van der Waals surface area (Å²) < 4.78 is 0. The monoisotopic (exact) mass is 238 g/mol. The highest BCUT2D eigenvalue weighted by Gasteiger charge is 1.93. The molecule has 92 valence electrons. The SMILES string of the molecule is CNCC=Cc1ccc(Nc2ccccc2)cc1. The van der Waals surface area contributed by atoms with Gasteiger partial charge in [-0.1, -0.05) is 42.5 Å². The van der Waals surface area contributed by atoms with Crippen molar-refractivity contribution >= 4 is 17.5 Å². The number of hydrogen-bond donors (Lipinski definition) is 2. The molecule has 2 N–H and O–H groups in total. The van der Waals surface area contributed by atoms with Gasteiger partial charge < -0.3 is 10.6 Å². The first-order chi connectivity index (χ1) is 8.88. The van der Waals surface area contributed by atoms with E-state index in [1.54, 1.807) is 0 Å². The molecule has 0 saturated carbocycles. The number of hydrogen-bond acceptors (Lipinski definition) is 2. The minimum Gasteiger partial charge on any atom is -0.356 e. The largest absolute Gasteiger partial charge is 0.356 e. The fraction of sp³-hybridized carbons (Fsp3) is 0.125. The van der Waals surface area contributed by atoms with Crippen molar-refractivity contribution in [2.75, 3.05) is 18.9 Å². The number of likely N-dealkylation sites (N-methyl/N-ethyl adjacent to an activating group) is 1. The van der Waals surface area contributed by atoms with E-state index in [9.17, 15) is 0 Å². The number of para-hydroxylation sites is 1. The number of anilines is 2. The standard InChI is InChI=1S/C16H18N2/c1-17-13-5-6-14-9-11-16(12-10-14)18-15-7-3-2-4-8-15/h2-12,17-18H,13H2,1H3. The first kappa shape index (κ1) is 12.4. The molecule has 2 aromatic carbocycles. The second-order valence-corrected chi connectivity index (χ2v) is 4.07. The van der Waals surface area contributed by atoms with E-state index in [1.807, 2.05) is 25.2 Å². The van der Waals surface area contributed by atoms with Gasteiger partial charge in [-0.3, -0.25) is 0 Å².